The van der Waals surface area contributed by atoms with Crippen LogP contribution in [0.2, 0.25) is 5.02 Å². The van der Waals surface area contributed by atoms with Crippen LogP contribution >= 0.6 is 11.6 Å². The number of ether oxygens (including phenoxy) is 1. The zero-order chi connectivity index (χ0) is 19.4. The minimum Gasteiger partial charge on any atom is -0.497 e. The van der Waals surface area contributed by atoms with Crippen LogP contribution in [0.3, 0.4) is 0 Å². The van der Waals surface area contributed by atoms with Crippen molar-refractivity contribution in [3.8, 4) is 5.75 Å². The fraction of sp³-hybridized carbons (Fsp3) is 0.143. The topological polar surface area (TPSA) is 46.6 Å². The maximum Gasteiger partial charge on any atom is 0.264 e. The number of hydrogen-bond acceptors (Lipinski definition) is 3. The van der Waals surface area contributed by atoms with Gasteiger partial charge in [0.25, 0.3) is 10.0 Å². The standard InChI is InChI=1S/C21H20ClNO3S/c1-16(17-7-6-8-18(22)15-17)23(19-9-4-3-5-10-19)27(24,25)21-13-11-20(26-2)12-14-21/h3-16H,1-2H3. The molecule has 0 aromatic heterocycles. The molecule has 0 N–H and O–H groups in total. The van der Waals surface area contributed by atoms with E-state index < -0.39 is 16.1 Å². The van der Waals surface area contributed by atoms with E-state index in [4.69, 9.17) is 16.3 Å². The number of benzene rings is 3. The normalized spacial score (nSPS) is 12.4. The molecule has 0 aliphatic carbocycles. The van der Waals surface area contributed by atoms with Gasteiger partial charge < -0.3 is 4.74 Å². The maximum atomic E-state index is 13.5. The highest BCUT2D eigenvalue weighted by Gasteiger charge is 2.30. The lowest BCUT2D eigenvalue weighted by atomic mass is 10.1. The van der Waals surface area contributed by atoms with Crippen LogP contribution in [0.1, 0.15) is 18.5 Å². The number of methoxy groups -OCH3 is 1. The predicted octanol–water partition coefficient (Wildman–Crippen LogP) is 5.31. The number of halogens is 1. The van der Waals surface area contributed by atoms with Gasteiger partial charge in [-0.05, 0) is 61.0 Å². The Morgan fingerprint density at radius 3 is 2.19 bits per heavy atom. The number of para-hydroxylation sites is 1. The first-order chi connectivity index (χ1) is 12.9. The van der Waals surface area contributed by atoms with Gasteiger partial charge in [-0.1, -0.05) is 41.9 Å². The number of anilines is 1. The summed E-state index contributed by atoms with van der Waals surface area (Å²) < 4.78 is 33.5. The monoisotopic (exact) mass is 401 g/mol. The molecule has 0 fully saturated rings. The van der Waals surface area contributed by atoms with Crippen LogP contribution in [0.25, 0.3) is 0 Å². The SMILES string of the molecule is COc1ccc(S(=O)(=O)N(c2ccccc2)C(C)c2cccc(Cl)c2)cc1. The largest absolute Gasteiger partial charge is 0.497 e. The molecule has 1 atom stereocenters. The zero-order valence-electron chi connectivity index (χ0n) is 15.0. The molecule has 1 unspecified atom stereocenters. The summed E-state index contributed by atoms with van der Waals surface area (Å²) in [7, 11) is -2.26. The van der Waals surface area contributed by atoms with Gasteiger partial charge in [0.2, 0.25) is 0 Å². The molecule has 0 radical (unpaired) electrons. The van der Waals surface area contributed by atoms with Gasteiger partial charge in [0.05, 0.1) is 23.7 Å². The number of nitrogens with zero attached hydrogens (tertiary/aromatic N) is 1. The molecule has 0 saturated heterocycles. The van der Waals surface area contributed by atoms with E-state index in [1.807, 2.05) is 37.3 Å². The van der Waals surface area contributed by atoms with Gasteiger partial charge >= 0.3 is 0 Å². The molecule has 4 nitrogen and oxygen atoms in total. The van der Waals surface area contributed by atoms with E-state index in [0.717, 1.165) is 5.56 Å². The first kappa shape index (κ1) is 19.3. The lowest BCUT2D eigenvalue weighted by molar-refractivity contribution is 0.414. The zero-order valence-corrected chi connectivity index (χ0v) is 16.6. The molecule has 140 valence electrons. The Balaban J connectivity index is 2.11. The van der Waals surface area contributed by atoms with Crippen molar-refractivity contribution in [3.63, 3.8) is 0 Å². The summed E-state index contributed by atoms with van der Waals surface area (Å²) in [6, 6.07) is 22.2. The highest BCUT2D eigenvalue weighted by Crippen LogP contribution is 2.34. The Morgan fingerprint density at radius 2 is 1.59 bits per heavy atom. The average Bonchev–Trinajstić information content (AvgIpc) is 2.69. The van der Waals surface area contributed by atoms with Crippen LogP contribution in [0, 0.1) is 0 Å². The van der Waals surface area contributed by atoms with E-state index in [1.165, 1.54) is 4.31 Å². The summed E-state index contributed by atoms with van der Waals surface area (Å²) in [5.74, 6) is 0.600. The Bertz CT molecular complexity index is 1010. The molecule has 0 aliphatic heterocycles. The highest BCUT2D eigenvalue weighted by atomic mass is 35.5. The van der Waals surface area contributed by atoms with Crippen molar-refractivity contribution in [1.82, 2.24) is 0 Å². The quantitative estimate of drug-likeness (QED) is 0.562. The van der Waals surface area contributed by atoms with Crippen molar-refractivity contribution < 1.29 is 13.2 Å². The fourth-order valence-electron chi connectivity index (χ4n) is 2.91. The second-order valence-corrected chi connectivity index (χ2v) is 8.29. The van der Waals surface area contributed by atoms with E-state index in [2.05, 4.69) is 0 Å². The summed E-state index contributed by atoms with van der Waals surface area (Å²) in [6.07, 6.45) is 0. The van der Waals surface area contributed by atoms with Crippen LogP contribution in [0.15, 0.2) is 83.8 Å². The molecule has 27 heavy (non-hydrogen) atoms. The molecular weight excluding hydrogens is 382 g/mol. The molecule has 3 aromatic rings. The third-order valence-electron chi connectivity index (χ3n) is 4.31. The molecular formula is C21H20ClNO3S. The molecule has 0 bridgehead atoms. The third-order valence-corrected chi connectivity index (χ3v) is 6.46. The van der Waals surface area contributed by atoms with Gasteiger partial charge in [-0.2, -0.15) is 0 Å². The molecule has 0 saturated carbocycles. The predicted molar refractivity (Wildman–Crippen MR) is 109 cm³/mol. The molecule has 0 amide bonds. The Kier molecular flexibility index (Phi) is 5.73. The van der Waals surface area contributed by atoms with Gasteiger partial charge in [-0.3, -0.25) is 4.31 Å². The maximum absolute atomic E-state index is 13.5. The Morgan fingerprint density at radius 1 is 0.926 bits per heavy atom. The van der Waals surface area contributed by atoms with Crippen molar-refractivity contribution in [2.75, 3.05) is 11.4 Å². The van der Waals surface area contributed by atoms with Gasteiger partial charge in [-0.15, -0.1) is 0 Å². The average molecular weight is 402 g/mol. The number of rotatable bonds is 6. The molecule has 6 heteroatoms. The summed E-state index contributed by atoms with van der Waals surface area (Å²) in [5.41, 5.74) is 1.39. The van der Waals surface area contributed by atoms with Crippen molar-refractivity contribution in [3.05, 3.63) is 89.4 Å². The molecule has 3 rings (SSSR count). The van der Waals surface area contributed by atoms with Crippen LogP contribution < -0.4 is 9.04 Å². The van der Waals surface area contributed by atoms with Gasteiger partial charge in [0.1, 0.15) is 5.75 Å². The summed E-state index contributed by atoms with van der Waals surface area (Å²) >= 11 is 6.12. The fourth-order valence-corrected chi connectivity index (χ4v) is 4.75. The second-order valence-electron chi connectivity index (χ2n) is 6.04. The van der Waals surface area contributed by atoms with E-state index in [0.29, 0.717) is 16.5 Å². The number of sulfonamides is 1. The second kappa shape index (κ2) is 8.03. The van der Waals surface area contributed by atoms with Crippen LogP contribution in [-0.4, -0.2) is 15.5 Å². The smallest absolute Gasteiger partial charge is 0.264 e. The van der Waals surface area contributed by atoms with Crippen LogP contribution in [0.5, 0.6) is 5.75 Å². The van der Waals surface area contributed by atoms with E-state index in [-0.39, 0.29) is 4.90 Å². The van der Waals surface area contributed by atoms with Crippen molar-refractivity contribution in [2.45, 2.75) is 17.9 Å². The molecule has 0 heterocycles. The molecule has 0 aliphatic rings. The third kappa shape index (κ3) is 4.10. The Hall–Kier alpha value is -2.50. The van der Waals surface area contributed by atoms with Gasteiger partial charge in [0.15, 0.2) is 0 Å². The van der Waals surface area contributed by atoms with Crippen molar-refractivity contribution >= 4 is 27.3 Å². The Labute approximate surface area is 165 Å². The lowest BCUT2D eigenvalue weighted by Crippen LogP contribution is -2.33. The van der Waals surface area contributed by atoms with E-state index in [1.54, 1.807) is 55.6 Å². The van der Waals surface area contributed by atoms with Crippen molar-refractivity contribution in [1.29, 1.82) is 0 Å². The molecule has 3 aromatic carbocycles. The van der Waals surface area contributed by atoms with Gasteiger partial charge in [-0.25, -0.2) is 8.42 Å². The molecule has 0 spiro atoms. The van der Waals surface area contributed by atoms with Crippen molar-refractivity contribution in [2.24, 2.45) is 0 Å². The van der Waals surface area contributed by atoms with Crippen LogP contribution in [0.4, 0.5) is 5.69 Å². The lowest BCUT2D eigenvalue weighted by Gasteiger charge is -2.31. The number of hydrogen-bond donors (Lipinski definition) is 0. The van der Waals surface area contributed by atoms with Crippen LogP contribution in [-0.2, 0) is 10.0 Å². The van der Waals surface area contributed by atoms with E-state index in [9.17, 15) is 8.42 Å². The summed E-state index contributed by atoms with van der Waals surface area (Å²) in [4.78, 5) is 0.195. The summed E-state index contributed by atoms with van der Waals surface area (Å²) in [5, 5.41) is 0.564. The van der Waals surface area contributed by atoms with Gasteiger partial charge in [0, 0.05) is 5.02 Å². The minimum absolute atomic E-state index is 0.195. The van der Waals surface area contributed by atoms with E-state index >= 15 is 0 Å². The minimum atomic E-state index is -3.80. The first-order valence-corrected chi connectivity index (χ1v) is 10.2. The summed E-state index contributed by atoms with van der Waals surface area (Å²) in [6.45, 7) is 1.85. The highest BCUT2D eigenvalue weighted by molar-refractivity contribution is 7.92. The first-order valence-electron chi connectivity index (χ1n) is 8.42.